The van der Waals surface area contributed by atoms with Gasteiger partial charge in [-0.05, 0) is 31.2 Å². The average Bonchev–Trinajstić information content (AvgIpc) is 3.24. The molecule has 0 saturated heterocycles. The van der Waals surface area contributed by atoms with Crippen LogP contribution in [0.1, 0.15) is 33.5 Å². The molecule has 0 bridgehead atoms. The molecule has 2 aromatic heterocycles. The summed E-state index contributed by atoms with van der Waals surface area (Å²) in [6.45, 7) is 2.54. The van der Waals surface area contributed by atoms with Gasteiger partial charge >= 0.3 is 0 Å². The fraction of sp³-hybridized carbons (Fsp3) is 0.294. The third kappa shape index (κ3) is 3.81. The number of H-pyrrole nitrogens is 1. The highest BCUT2D eigenvalue weighted by Gasteiger charge is 2.16. The Morgan fingerprint density at radius 1 is 1.28 bits per heavy atom. The summed E-state index contributed by atoms with van der Waals surface area (Å²) in [5.41, 5.74) is 1.98. The van der Waals surface area contributed by atoms with Crippen molar-refractivity contribution in [3.05, 3.63) is 47.4 Å². The third-order valence-corrected chi connectivity index (χ3v) is 3.74. The van der Waals surface area contributed by atoms with Crippen LogP contribution in [0.25, 0.3) is 10.9 Å². The van der Waals surface area contributed by atoms with Gasteiger partial charge in [0.1, 0.15) is 0 Å². The summed E-state index contributed by atoms with van der Waals surface area (Å²) in [6, 6.07) is 6.95. The minimum absolute atomic E-state index is 0.0256. The molecular weight excluding hydrogens is 324 g/mol. The Labute approximate surface area is 143 Å². The van der Waals surface area contributed by atoms with Crippen LogP contribution in [0.2, 0.25) is 0 Å². The van der Waals surface area contributed by atoms with E-state index in [2.05, 4.69) is 15.3 Å². The van der Waals surface area contributed by atoms with Crippen molar-refractivity contribution in [3.8, 4) is 0 Å². The van der Waals surface area contributed by atoms with Crippen molar-refractivity contribution in [1.82, 2.24) is 20.0 Å². The summed E-state index contributed by atoms with van der Waals surface area (Å²) in [6.07, 6.45) is 1.55. The first kappa shape index (κ1) is 17.0. The second-order valence-electron chi connectivity index (χ2n) is 5.57. The Morgan fingerprint density at radius 2 is 2.12 bits per heavy atom. The number of Topliss-reactive ketones (excluding diaryl/α,β-unsaturated/α-hetero) is 1. The number of carbonyl (C=O) groups is 2. The molecule has 2 heterocycles. The molecule has 0 spiro atoms. The minimum Gasteiger partial charge on any atom is -0.394 e. The second kappa shape index (κ2) is 7.37. The van der Waals surface area contributed by atoms with Crippen LogP contribution in [0.5, 0.6) is 0 Å². The molecule has 0 aliphatic rings. The SMILES string of the molecule is CC(=O)c1ccc2[nH]c(C(=O)c3cn(CCOCCO)nn3)cc2c1. The van der Waals surface area contributed by atoms with E-state index in [4.69, 9.17) is 9.84 Å². The molecule has 0 aliphatic carbocycles. The number of ether oxygens (including phenoxy) is 1. The fourth-order valence-corrected chi connectivity index (χ4v) is 2.45. The molecule has 0 fully saturated rings. The van der Waals surface area contributed by atoms with E-state index in [1.807, 2.05) is 0 Å². The van der Waals surface area contributed by atoms with Crippen LogP contribution in [0, 0.1) is 0 Å². The molecule has 8 nitrogen and oxygen atoms in total. The number of aromatic amines is 1. The Bertz CT molecular complexity index is 912. The highest BCUT2D eigenvalue weighted by molar-refractivity contribution is 6.09. The van der Waals surface area contributed by atoms with E-state index in [0.29, 0.717) is 24.4 Å². The van der Waals surface area contributed by atoms with Gasteiger partial charge in [-0.3, -0.25) is 9.59 Å². The van der Waals surface area contributed by atoms with Crippen molar-refractivity contribution in [2.45, 2.75) is 13.5 Å². The smallest absolute Gasteiger partial charge is 0.231 e. The van der Waals surface area contributed by atoms with Gasteiger partial charge in [-0.1, -0.05) is 5.21 Å². The Hall–Kier alpha value is -2.84. The van der Waals surface area contributed by atoms with Crippen LogP contribution in [0.4, 0.5) is 0 Å². The van der Waals surface area contributed by atoms with Gasteiger partial charge in [0.05, 0.1) is 38.3 Å². The van der Waals surface area contributed by atoms with Gasteiger partial charge in [0.2, 0.25) is 5.78 Å². The summed E-state index contributed by atoms with van der Waals surface area (Å²) >= 11 is 0. The highest BCUT2D eigenvalue weighted by atomic mass is 16.5. The molecule has 3 aromatic rings. The number of aliphatic hydroxyl groups is 1. The molecule has 0 unspecified atom stereocenters. The van der Waals surface area contributed by atoms with Crippen LogP contribution < -0.4 is 0 Å². The number of nitrogens with one attached hydrogen (secondary N) is 1. The Balaban J connectivity index is 1.75. The van der Waals surface area contributed by atoms with Gasteiger partial charge in [0, 0.05) is 16.5 Å². The maximum atomic E-state index is 12.5. The van der Waals surface area contributed by atoms with Gasteiger partial charge < -0.3 is 14.8 Å². The third-order valence-electron chi connectivity index (χ3n) is 3.74. The van der Waals surface area contributed by atoms with Crippen molar-refractivity contribution in [2.75, 3.05) is 19.8 Å². The summed E-state index contributed by atoms with van der Waals surface area (Å²) in [4.78, 5) is 27.0. The first-order valence-electron chi connectivity index (χ1n) is 7.85. The number of benzene rings is 1. The molecule has 0 saturated carbocycles. The number of carbonyl (C=O) groups excluding carboxylic acids is 2. The van der Waals surface area contributed by atoms with Crippen molar-refractivity contribution >= 4 is 22.5 Å². The van der Waals surface area contributed by atoms with Crippen LogP contribution in [-0.2, 0) is 11.3 Å². The standard InChI is InChI=1S/C17H18N4O4/c1-11(23)12-2-3-14-13(8-12)9-15(18-14)17(24)16-10-21(20-19-16)4-6-25-7-5-22/h2-3,8-10,18,22H,4-7H2,1H3. The van der Waals surface area contributed by atoms with E-state index >= 15 is 0 Å². The lowest BCUT2D eigenvalue weighted by Crippen LogP contribution is -2.09. The maximum absolute atomic E-state index is 12.5. The van der Waals surface area contributed by atoms with E-state index < -0.39 is 0 Å². The predicted octanol–water partition coefficient (Wildman–Crippen LogP) is 1.20. The zero-order chi connectivity index (χ0) is 17.8. The zero-order valence-corrected chi connectivity index (χ0v) is 13.7. The van der Waals surface area contributed by atoms with E-state index in [0.717, 1.165) is 10.9 Å². The van der Waals surface area contributed by atoms with Gasteiger partial charge in [-0.15, -0.1) is 5.10 Å². The number of nitrogens with zero attached hydrogens (tertiary/aromatic N) is 3. The number of aliphatic hydroxyl groups excluding tert-OH is 1. The lowest BCUT2D eigenvalue weighted by Gasteiger charge is -2.00. The maximum Gasteiger partial charge on any atom is 0.231 e. The van der Waals surface area contributed by atoms with Crippen molar-refractivity contribution in [2.24, 2.45) is 0 Å². The number of fused-ring (bicyclic) bond motifs is 1. The van der Waals surface area contributed by atoms with Crippen LogP contribution in [-0.4, -0.2) is 56.5 Å². The first-order valence-corrected chi connectivity index (χ1v) is 7.85. The van der Waals surface area contributed by atoms with Crippen LogP contribution in [0.3, 0.4) is 0 Å². The number of rotatable bonds is 8. The molecule has 0 aliphatic heterocycles. The van der Waals surface area contributed by atoms with Crippen LogP contribution >= 0.6 is 0 Å². The van der Waals surface area contributed by atoms with Crippen molar-refractivity contribution < 1.29 is 19.4 Å². The lowest BCUT2D eigenvalue weighted by molar-refractivity contribution is 0.0851. The molecule has 130 valence electrons. The summed E-state index contributed by atoms with van der Waals surface area (Å²) in [7, 11) is 0. The first-order chi connectivity index (χ1) is 12.1. The fourth-order valence-electron chi connectivity index (χ4n) is 2.45. The predicted molar refractivity (Wildman–Crippen MR) is 89.7 cm³/mol. The topological polar surface area (TPSA) is 110 Å². The number of hydrogen-bond acceptors (Lipinski definition) is 6. The number of ketones is 2. The lowest BCUT2D eigenvalue weighted by atomic mass is 10.1. The van der Waals surface area contributed by atoms with Crippen LogP contribution in [0.15, 0.2) is 30.5 Å². The summed E-state index contributed by atoms with van der Waals surface area (Å²) < 4.78 is 6.67. The van der Waals surface area contributed by atoms with Crippen molar-refractivity contribution in [1.29, 1.82) is 0 Å². The normalized spacial score (nSPS) is 11.1. The number of aromatic nitrogens is 4. The number of hydrogen-bond donors (Lipinski definition) is 2. The van der Waals surface area contributed by atoms with Gasteiger partial charge in [0.15, 0.2) is 11.5 Å². The highest BCUT2D eigenvalue weighted by Crippen LogP contribution is 2.19. The minimum atomic E-state index is -0.275. The molecule has 0 radical (unpaired) electrons. The molecule has 8 heteroatoms. The monoisotopic (exact) mass is 342 g/mol. The van der Waals surface area contributed by atoms with E-state index in [1.165, 1.54) is 11.6 Å². The molecule has 0 amide bonds. The molecule has 2 N–H and O–H groups in total. The average molecular weight is 342 g/mol. The quantitative estimate of drug-likeness (QED) is 0.470. The molecular formula is C17H18N4O4. The molecule has 1 aromatic carbocycles. The van der Waals surface area contributed by atoms with Gasteiger partial charge in [0.25, 0.3) is 0 Å². The Kier molecular flexibility index (Phi) is 5.01. The van der Waals surface area contributed by atoms with Crippen molar-refractivity contribution in [3.63, 3.8) is 0 Å². The van der Waals surface area contributed by atoms with E-state index in [9.17, 15) is 9.59 Å². The van der Waals surface area contributed by atoms with Gasteiger partial charge in [-0.25, -0.2) is 4.68 Å². The molecule has 0 atom stereocenters. The summed E-state index contributed by atoms with van der Waals surface area (Å²) in [5.74, 6) is -0.301. The van der Waals surface area contributed by atoms with Gasteiger partial charge in [-0.2, -0.15) is 0 Å². The molecule has 3 rings (SSSR count). The molecule has 25 heavy (non-hydrogen) atoms. The second-order valence-corrected chi connectivity index (χ2v) is 5.57. The largest absolute Gasteiger partial charge is 0.394 e. The summed E-state index contributed by atoms with van der Waals surface area (Å²) in [5, 5.41) is 17.2. The zero-order valence-electron chi connectivity index (χ0n) is 13.7. The Morgan fingerprint density at radius 3 is 2.88 bits per heavy atom. The van der Waals surface area contributed by atoms with E-state index in [-0.39, 0.29) is 30.5 Å². The van der Waals surface area contributed by atoms with E-state index in [1.54, 1.807) is 30.5 Å².